The summed E-state index contributed by atoms with van der Waals surface area (Å²) in [6.45, 7) is 4.65. The molecule has 0 aliphatic carbocycles. The van der Waals surface area contributed by atoms with Crippen LogP contribution >= 0.6 is 0 Å². The molecule has 1 heterocycles. The van der Waals surface area contributed by atoms with Crippen LogP contribution in [0.4, 0.5) is 4.79 Å². The minimum atomic E-state index is -0.841. The van der Waals surface area contributed by atoms with Crippen LogP contribution in [0.3, 0.4) is 0 Å². The lowest BCUT2D eigenvalue weighted by molar-refractivity contribution is 0.119. The number of rotatable bonds is 7. The molecular formula is C17H23NO3. The molecule has 4 heteroatoms. The molecule has 1 aromatic heterocycles. The van der Waals surface area contributed by atoms with Crippen LogP contribution in [-0.2, 0) is 6.42 Å². The molecule has 2 rings (SSSR count). The van der Waals surface area contributed by atoms with Crippen LogP contribution in [0.25, 0.3) is 11.0 Å². The van der Waals surface area contributed by atoms with E-state index >= 15 is 0 Å². The monoisotopic (exact) mass is 289 g/mol. The number of benzene rings is 1. The average Bonchev–Trinajstić information content (AvgIpc) is 2.86. The first kappa shape index (κ1) is 15.4. The summed E-state index contributed by atoms with van der Waals surface area (Å²) in [6, 6.07) is 9.87. The number of carboxylic acid groups (broad SMARTS) is 1. The molecule has 4 nitrogen and oxygen atoms in total. The highest BCUT2D eigenvalue weighted by Crippen LogP contribution is 2.22. The number of furan rings is 1. The van der Waals surface area contributed by atoms with Gasteiger partial charge in [-0.3, -0.25) is 0 Å². The molecule has 1 amide bonds. The molecule has 1 unspecified atom stereocenters. The number of hydrogen-bond acceptors (Lipinski definition) is 2. The molecule has 1 atom stereocenters. The normalized spacial score (nSPS) is 12.5. The van der Waals surface area contributed by atoms with Gasteiger partial charge < -0.3 is 14.4 Å². The second-order valence-electron chi connectivity index (χ2n) is 5.37. The van der Waals surface area contributed by atoms with Crippen molar-refractivity contribution in [1.82, 2.24) is 4.90 Å². The van der Waals surface area contributed by atoms with Gasteiger partial charge in [0.15, 0.2) is 0 Å². The molecule has 0 radical (unpaired) electrons. The van der Waals surface area contributed by atoms with Crippen molar-refractivity contribution >= 4 is 17.1 Å². The summed E-state index contributed by atoms with van der Waals surface area (Å²) in [7, 11) is 0. The third kappa shape index (κ3) is 3.78. The zero-order chi connectivity index (χ0) is 15.2. The Balaban J connectivity index is 2.19. The van der Waals surface area contributed by atoms with Gasteiger partial charge in [-0.1, -0.05) is 38.5 Å². The van der Waals surface area contributed by atoms with E-state index in [4.69, 9.17) is 4.42 Å². The molecule has 0 bridgehead atoms. The van der Waals surface area contributed by atoms with E-state index in [1.165, 1.54) is 0 Å². The highest BCUT2D eigenvalue weighted by Gasteiger charge is 2.23. The van der Waals surface area contributed by atoms with E-state index in [1.54, 1.807) is 4.90 Å². The van der Waals surface area contributed by atoms with Gasteiger partial charge in [-0.15, -0.1) is 0 Å². The van der Waals surface area contributed by atoms with Gasteiger partial charge in [0.1, 0.15) is 11.3 Å². The fourth-order valence-corrected chi connectivity index (χ4v) is 2.75. The van der Waals surface area contributed by atoms with Crippen LogP contribution in [-0.4, -0.2) is 28.7 Å². The Morgan fingerprint density at radius 2 is 2.05 bits per heavy atom. The molecule has 114 valence electrons. The number of carbonyl (C=O) groups is 1. The largest absolute Gasteiger partial charge is 0.465 e. The van der Waals surface area contributed by atoms with Crippen molar-refractivity contribution in [3.05, 3.63) is 36.1 Å². The summed E-state index contributed by atoms with van der Waals surface area (Å²) >= 11 is 0. The number of nitrogens with zero attached hydrogens (tertiary/aromatic N) is 1. The Morgan fingerprint density at radius 3 is 2.67 bits per heavy atom. The highest BCUT2D eigenvalue weighted by atomic mass is 16.4. The minimum absolute atomic E-state index is 0.0204. The zero-order valence-corrected chi connectivity index (χ0v) is 12.7. The fraction of sp³-hybridized carbons (Fsp3) is 0.471. The fourth-order valence-electron chi connectivity index (χ4n) is 2.75. The molecular weight excluding hydrogens is 266 g/mol. The van der Waals surface area contributed by atoms with Gasteiger partial charge in [0.25, 0.3) is 0 Å². The Kier molecular flexibility index (Phi) is 5.26. The summed E-state index contributed by atoms with van der Waals surface area (Å²) < 4.78 is 5.83. The smallest absolute Gasteiger partial charge is 0.407 e. The third-order valence-corrected chi connectivity index (χ3v) is 3.69. The van der Waals surface area contributed by atoms with Crippen LogP contribution < -0.4 is 0 Å². The second kappa shape index (κ2) is 7.16. The topological polar surface area (TPSA) is 53.7 Å². The summed E-state index contributed by atoms with van der Waals surface area (Å²) in [5.41, 5.74) is 0.861. The third-order valence-electron chi connectivity index (χ3n) is 3.69. The van der Waals surface area contributed by atoms with Crippen molar-refractivity contribution in [3.63, 3.8) is 0 Å². The molecule has 0 aliphatic rings. The number of para-hydroxylation sites is 1. The van der Waals surface area contributed by atoms with E-state index < -0.39 is 6.09 Å². The Labute approximate surface area is 125 Å². The van der Waals surface area contributed by atoms with Crippen LogP contribution in [0, 0.1) is 0 Å². The molecule has 21 heavy (non-hydrogen) atoms. The lowest BCUT2D eigenvalue weighted by atomic mass is 10.0. The zero-order valence-electron chi connectivity index (χ0n) is 12.7. The maximum absolute atomic E-state index is 11.5. The predicted octanol–water partition coefficient (Wildman–Crippen LogP) is 4.53. The molecule has 0 aliphatic heterocycles. The standard InChI is InChI=1S/C17H23NO3/c1-3-7-14(18(10-4-2)17(19)20)12-15-11-13-8-5-6-9-16(13)21-15/h5-6,8-9,11,14H,3-4,7,10,12H2,1-2H3,(H,19,20). The SMILES string of the molecule is CCCC(Cc1cc2ccccc2o1)N(CCC)C(=O)O. The molecule has 1 aromatic carbocycles. The van der Waals surface area contributed by atoms with E-state index in [9.17, 15) is 9.90 Å². The number of fused-ring (bicyclic) bond motifs is 1. The minimum Gasteiger partial charge on any atom is -0.465 e. The van der Waals surface area contributed by atoms with E-state index in [2.05, 4.69) is 6.92 Å². The van der Waals surface area contributed by atoms with Crippen molar-refractivity contribution in [2.24, 2.45) is 0 Å². The first-order valence-electron chi connectivity index (χ1n) is 7.62. The van der Waals surface area contributed by atoms with Crippen molar-refractivity contribution in [2.75, 3.05) is 6.54 Å². The van der Waals surface area contributed by atoms with Gasteiger partial charge in [-0.2, -0.15) is 0 Å². The van der Waals surface area contributed by atoms with Crippen LogP contribution in [0.1, 0.15) is 38.9 Å². The average molecular weight is 289 g/mol. The first-order chi connectivity index (χ1) is 10.2. The molecule has 2 aromatic rings. The van der Waals surface area contributed by atoms with E-state index in [1.807, 2.05) is 37.3 Å². The highest BCUT2D eigenvalue weighted by molar-refractivity contribution is 5.77. The summed E-state index contributed by atoms with van der Waals surface area (Å²) in [5, 5.41) is 10.5. The lowest BCUT2D eigenvalue weighted by Crippen LogP contribution is -2.41. The summed E-state index contributed by atoms with van der Waals surface area (Å²) in [4.78, 5) is 13.0. The second-order valence-corrected chi connectivity index (χ2v) is 5.37. The number of hydrogen-bond donors (Lipinski definition) is 1. The molecule has 1 N–H and O–H groups in total. The van der Waals surface area contributed by atoms with Gasteiger partial charge in [-0.05, 0) is 25.0 Å². The lowest BCUT2D eigenvalue weighted by Gasteiger charge is -2.28. The maximum Gasteiger partial charge on any atom is 0.407 e. The predicted molar refractivity (Wildman–Crippen MR) is 83.6 cm³/mol. The molecule has 0 fully saturated rings. The van der Waals surface area contributed by atoms with Gasteiger partial charge in [0.2, 0.25) is 0 Å². The maximum atomic E-state index is 11.5. The summed E-state index contributed by atoms with van der Waals surface area (Å²) in [6.07, 6.45) is 2.43. The van der Waals surface area contributed by atoms with Crippen molar-refractivity contribution in [3.8, 4) is 0 Å². The molecule has 0 spiro atoms. The van der Waals surface area contributed by atoms with Crippen molar-refractivity contribution < 1.29 is 14.3 Å². The van der Waals surface area contributed by atoms with Crippen molar-refractivity contribution in [1.29, 1.82) is 0 Å². The molecule has 0 saturated carbocycles. The Morgan fingerprint density at radius 1 is 1.29 bits per heavy atom. The van der Waals surface area contributed by atoms with E-state index in [-0.39, 0.29) is 6.04 Å². The van der Waals surface area contributed by atoms with E-state index in [0.29, 0.717) is 13.0 Å². The van der Waals surface area contributed by atoms with Crippen LogP contribution in [0.5, 0.6) is 0 Å². The quantitative estimate of drug-likeness (QED) is 0.814. The van der Waals surface area contributed by atoms with Gasteiger partial charge in [-0.25, -0.2) is 4.79 Å². The van der Waals surface area contributed by atoms with Gasteiger partial charge in [0.05, 0.1) is 0 Å². The summed E-state index contributed by atoms with van der Waals surface area (Å²) in [5.74, 6) is 0.858. The van der Waals surface area contributed by atoms with Crippen LogP contribution in [0.15, 0.2) is 34.7 Å². The Bertz CT molecular complexity index is 557. The van der Waals surface area contributed by atoms with Crippen molar-refractivity contribution in [2.45, 2.75) is 45.6 Å². The molecule has 0 saturated heterocycles. The van der Waals surface area contributed by atoms with Crippen LogP contribution in [0.2, 0.25) is 0 Å². The first-order valence-corrected chi connectivity index (χ1v) is 7.62. The van der Waals surface area contributed by atoms with E-state index in [0.717, 1.165) is 36.0 Å². The van der Waals surface area contributed by atoms with Gasteiger partial charge in [0, 0.05) is 24.4 Å². The van der Waals surface area contributed by atoms with Gasteiger partial charge >= 0.3 is 6.09 Å². The number of amides is 1. The Hall–Kier alpha value is -1.97.